The highest BCUT2D eigenvalue weighted by Crippen LogP contribution is 2.21. The quantitative estimate of drug-likeness (QED) is 0.908. The van der Waals surface area contributed by atoms with Crippen LogP contribution in [0.3, 0.4) is 0 Å². The van der Waals surface area contributed by atoms with E-state index in [0.29, 0.717) is 10.0 Å². The Morgan fingerprint density at radius 2 is 1.67 bits per heavy atom. The van der Waals surface area contributed by atoms with Crippen LogP contribution in [0.5, 0.6) is 0 Å². The topological polar surface area (TPSA) is 46.2 Å². The number of nitrogens with one attached hydrogen (secondary N) is 1. The van der Waals surface area contributed by atoms with E-state index < -0.39 is 10.0 Å². The van der Waals surface area contributed by atoms with Gasteiger partial charge in [0, 0.05) is 16.6 Å². The van der Waals surface area contributed by atoms with E-state index in [1.807, 2.05) is 19.9 Å². The number of hydrogen-bond donors (Lipinski definition) is 1. The fourth-order valence-corrected chi connectivity index (χ4v) is 3.30. The molecule has 0 saturated heterocycles. The molecule has 3 nitrogen and oxygen atoms in total. The summed E-state index contributed by atoms with van der Waals surface area (Å²) < 4.78 is 27.1. The molecule has 0 fully saturated rings. The fourth-order valence-electron chi connectivity index (χ4n) is 1.83. The van der Waals surface area contributed by atoms with Crippen molar-refractivity contribution in [2.24, 2.45) is 0 Å². The van der Waals surface area contributed by atoms with Gasteiger partial charge in [-0.2, -0.15) is 0 Å². The van der Waals surface area contributed by atoms with E-state index in [0.717, 1.165) is 16.7 Å². The molecule has 1 N–H and O–H groups in total. The van der Waals surface area contributed by atoms with Gasteiger partial charge in [0.1, 0.15) is 0 Å². The Morgan fingerprint density at radius 3 is 2.33 bits per heavy atom. The minimum absolute atomic E-state index is 0.151. The average molecular weight is 344 g/mol. The van der Waals surface area contributed by atoms with E-state index in [4.69, 9.17) is 23.2 Å². The third-order valence-electron chi connectivity index (χ3n) is 3.22. The minimum Gasteiger partial charge on any atom is -0.207 e. The number of benzene rings is 2. The highest BCUT2D eigenvalue weighted by atomic mass is 35.5. The summed E-state index contributed by atoms with van der Waals surface area (Å²) in [6.45, 7) is 3.91. The first-order chi connectivity index (χ1) is 9.79. The molecule has 0 spiro atoms. The van der Waals surface area contributed by atoms with Crippen molar-refractivity contribution >= 4 is 33.2 Å². The predicted octanol–water partition coefficient (Wildman–Crippen LogP) is 4.09. The van der Waals surface area contributed by atoms with Crippen molar-refractivity contribution in [1.82, 2.24) is 4.72 Å². The average Bonchev–Trinajstić information content (AvgIpc) is 2.43. The van der Waals surface area contributed by atoms with Crippen molar-refractivity contribution in [3.63, 3.8) is 0 Å². The Bertz CT molecular complexity index is 773. The molecule has 21 heavy (non-hydrogen) atoms. The van der Waals surface area contributed by atoms with Crippen LogP contribution in [0.2, 0.25) is 10.0 Å². The fraction of sp³-hybridized carbons (Fsp3) is 0.200. The summed E-state index contributed by atoms with van der Waals surface area (Å²) >= 11 is 11.9. The largest absolute Gasteiger partial charge is 0.240 e. The third kappa shape index (κ3) is 3.98. The van der Waals surface area contributed by atoms with E-state index in [2.05, 4.69) is 4.72 Å². The molecule has 0 radical (unpaired) electrons. The van der Waals surface area contributed by atoms with Crippen molar-refractivity contribution in [1.29, 1.82) is 0 Å². The Labute approximate surface area is 135 Å². The van der Waals surface area contributed by atoms with Crippen LogP contribution in [0.15, 0.2) is 41.3 Å². The van der Waals surface area contributed by atoms with Gasteiger partial charge in [-0.3, -0.25) is 0 Å². The predicted molar refractivity (Wildman–Crippen MR) is 86.4 cm³/mol. The molecule has 0 aliphatic rings. The van der Waals surface area contributed by atoms with E-state index in [1.54, 1.807) is 18.2 Å². The van der Waals surface area contributed by atoms with E-state index >= 15 is 0 Å². The summed E-state index contributed by atoms with van der Waals surface area (Å²) in [5, 5.41) is 1.00. The molecule has 2 aromatic carbocycles. The molecule has 0 saturated carbocycles. The van der Waals surface area contributed by atoms with Crippen molar-refractivity contribution < 1.29 is 8.42 Å². The molecule has 112 valence electrons. The Kier molecular flexibility index (Phi) is 4.94. The van der Waals surface area contributed by atoms with Gasteiger partial charge in [-0.05, 0) is 54.8 Å². The van der Waals surface area contributed by atoms with E-state index in [-0.39, 0.29) is 11.4 Å². The van der Waals surface area contributed by atoms with Crippen molar-refractivity contribution in [2.75, 3.05) is 0 Å². The maximum Gasteiger partial charge on any atom is 0.240 e. The number of halogens is 2. The second-order valence-electron chi connectivity index (χ2n) is 4.81. The minimum atomic E-state index is -3.60. The van der Waals surface area contributed by atoms with Gasteiger partial charge in [0.05, 0.1) is 4.90 Å². The lowest BCUT2D eigenvalue weighted by molar-refractivity contribution is 0.581. The van der Waals surface area contributed by atoms with Crippen LogP contribution in [0.4, 0.5) is 0 Å². The summed E-state index contributed by atoms with van der Waals surface area (Å²) in [7, 11) is -3.60. The number of rotatable bonds is 4. The first-order valence-electron chi connectivity index (χ1n) is 6.30. The molecule has 0 aromatic heterocycles. The smallest absolute Gasteiger partial charge is 0.207 e. The molecule has 0 aliphatic heterocycles. The zero-order chi connectivity index (χ0) is 15.6. The molecular formula is C15H15Cl2NO2S. The molecule has 0 atom stereocenters. The molecular weight excluding hydrogens is 329 g/mol. The lowest BCUT2D eigenvalue weighted by Gasteiger charge is -2.10. The lowest BCUT2D eigenvalue weighted by Crippen LogP contribution is -2.23. The van der Waals surface area contributed by atoms with Crippen LogP contribution in [0, 0.1) is 13.8 Å². The summed E-state index contributed by atoms with van der Waals surface area (Å²) in [5.41, 5.74) is 2.65. The standard InChI is InChI=1S/C15H15Cl2NO2S/c1-10-3-5-13(16)7-12(10)9-18-21(19,20)14-6-4-11(2)15(17)8-14/h3-8,18H,9H2,1-2H3. The van der Waals surface area contributed by atoms with Gasteiger partial charge in [-0.15, -0.1) is 0 Å². The van der Waals surface area contributed by atoms with Crippen LogP contribution in [0.1, 0.15) is 16.7 Å². The number of aryl methyl sites for hydroxylation is 2. The van der Waals surface area contributed by atoms with Crippen LogP contribution in [-0.2, 0) is 16.6 Å². The molecule has 0 unspecified atom stereocenters. The number of hydrogen-bond acceptors (Lipinski definition) is 2. The Hall–Kier alpha value is -1.07. The molecule has 0 amide bonds. The van der Waals surface area contributed by atoms with Gasteiger partial charge in [-0.1, -0.05) is 35.3 Å². The number of sulfonamides is 1. The third-order valence-corrected chi connectivity index (χ3v) is 5.26. The molecule has 6 heteroatoms. The summed E-state index contributed by atoms with van der Waals surface area (Å²) in [6.07, 6.45) is 0. The monoisotopic (exact) mass is 343 g/mol. The highest BCUT2D eigenvalue weighted by Gasteiger charge is 2.15. The van der Waals surface area contributed by atoms with Gasteiger partial charge in [-0.25, -0.2) is 13.1 Å². The van der Waals surface area contributed by atoms with Gasteiger partial charge in [0.2, 0.25) is 10.0 Å². The molecule has 0 heterocycles. The molecule has 2 rings (SSSR count). The summed E-state index contributed by atoms with van der Waals surface area (Å²) in [6, 6.07) is 10.0. The van der Waals surface area contributed by atoms with Crippen LogP contribution >= 0.6 is 23.2 Å². The van der Waals surface area contributed by atoms with E-state index in [9.17, 15) is 8.42 Å². The first kappa shape index (κ1) is 16.3. The first-order valence-corrected chi connectivity index (χ1v) is 8.54. The normalized spacial score (nSPS) is 11.6. The van der Waals surface area contributed by atoms with Gasteiger partial charge < -0.3 is 0 Å². The van der Waals surface area contributed by atoms with Crippen LogP contribution in [-0.4, -0.2) is 8.42 Å². The Balaban J connectivity index is 2.21. The van der Waals surface area contributed by atoms with Gasteiger partial charge >= 0.3 is 0 Å². The van der Waals surface area contributed by atoms with Gasteiger partial charge in [0.25, 0.3) is 0 Å². The second-order valence-corrected chi connectivity index (χ2v) is 7.42. The van der Waals surface area contributed by atoms with Crippen molar-refractivity contribution in [2.45, 2.75) is 25.3 Å². The SMILES string of the molecule is Cc1ccc(S(=O)(=O)NCc2cc(Cl)ccc2C)cc1Cl. The van der Waals surface area contributed by atoms with Crippen LogP contribution < -0.4 is 4.72 Å². The lowest BCUT2D eigenvalue weighted by atomic mass is 10.1. The van der Waals surface area contributed by atoms with Crippen molar-refractivity contribution in [3.8, 4) is 0 Å². The second kappa shape index (κ2) is 6.36. The van der Waals surface area contributed by atoms with Gasteiger partial charge in [0.15, 0.2) is 0 Å². The highest BCUT2D eigenvalue weighted by molar-refractivity contribution is 7.89. The summed E-state index contributed by atoms with van der Waals surface area (Å²) in [4.78, 5) is 0.151. The maximum atomic E-state index is 12.3. The molecule has 0 bridgehead atoms. The van der Waals surface area contributed by atoms with Crippen molar-refractivity contribution in [3.05, 3.63) is 63.1 Å². The molecule has 2 aromatic rings. The Morgan fingerprint density at radius 1 is 1.00 bits per heavy atom. The zero-order valence-electron chi connectivity index (χ0n) is 11.7. The van der Waals surface area contributed by atoms with E-state index in [1.165, 1.54) is 12.1 Å². The maximum absolute atomic E-state index is 12.3. The van der Waals surface area contributed by atoms with Crippen LogP contribution in [0.25, 0.3) is 0 Å². The zero-order valence-corrected chi connectivity index (χ0v) is 14.0. The molecule has 0 aliphatic carbocycles. The summed E-state index contributed by atoms with van der Waals surface area (Å²) in [5.74, 6) is 0.